The third-order valence-electron chi connectivity index (χ3n) is 3.97. The van der Waals surface area contributed by atoms with Crippen LogP contribution in [-0.4, -0.2) is 37.8 Å². The molecule has 1 fully saturated rings. The van der Waals surface area contributed by atoms with Crippen molar-refractivity contribution in [3.8, 4) is 0 Å². The molecular formula is C16H23ClN2O3S. The Balaban J connectivity index is 2.19. The lowest BCUT2D eigenvalue weighted by molar-refractivity contribution is -0.126. The van der Waals surface area contributed by atoms with Crippen LogP contribution in [-0.2, 0) is 14.8 Å². The van der Waals surface area contributed by atoms with Gasteiger partial charge in [-0.05, 0) is 51.3 Å². The van der Waals surface area contributed by atoms with Crippen molar-refractivity contribution < 1.29 is 13.2 Å². The number of amides is 1. The van der Waals surface area contributed by atoms with Crippen LogP contribution in [0.3, 0.4) is 0 Å². The Labute approximate surface area is 143 Å². The molecule has 1 aromatic carbocycles. The van der Waals surface area contributed by atoms with Crippen molar-refractivity contribution in [3.05, 3.63) is 28.8 Å². The highest BCUT2D eigenvalue weighted by molar-refractivity contribution is 7.89. The van der Waals surface area contributed by atoms with E-state index in [-0.39, 0.29) is 29.3 Å². The second-order valence-electron chi connectivity index (χ2n) is 6.28. The molecule has 1 aromatic rings. The molecule has 1 saturated heterocycles. The minimum atomic E-state index is -3.63. The topological polar surface area (TPSA) is 66.5 Å². The zero-order chi connectivity index (χ0) is 17.2. The monoisotopic (exact) mass is 358 g/mol. The zero-order valence-corrected chi connectivity index (χ0v) is 15.2. The molecule has 0 bridgehead atoms. The first kappa shape index (κ1) is 18.2. The van der Waals surface area contributed by atoms with Gasteiger partial charge in [0.1, 0.15) is 0 Å². The van der Waals surface area contributed by atoms with E-state index in [0.717, 1.165) is 5.56 Å². The SMILES string of the molecule is Cc1ccc(S(=O)(=O)N2CCC[C@@H](C(=O)NC(C)C)C2)cc1Cl. The Bertz CT molecular complexity index is 689. The van der Waals surface area contributed by atoms with E-state index in [0.29, 0.717) is 24.4 Å². The third-order valence-corrected chi connectivity index (χ3v) is 6.24. The van der Waals surface area contributed by atoms with Crippen LogP contribution in [0.4, 0.5) is 0 Å². The van der Waals surface area contributed by atoms with Gasteiger partial charge in [-0.25, -0.2) is 8.42 Å². The summed E-state index contributed by atoms with van der Waals surface area (Å²) in [6.45, 7) is 6.25. The fourth-order valence-electron chi connectivity index (χ4n) is 2.66. The van der Waals surface area contributed by atoms with Crippen LogP contribution < -0.4 is 5.32 Å². The first-order valence-electron chi connectivity index (χ1n) is 7.78. The lowest BCUT2D eigenvalue weighted by Crippen LogP contribution is -2.46. The average molecular weight is 359 g/mol. The lowest BCUT2D eigenvalue weighted by Gasteiger charge is -2.31. The summed E-state index contributed by atoms with van der Waals surface area (Å²) in [4.78, 5) is 12.3. The number of hydrogen-bond acceptors (Lipinski definition) is 3. The van der Waals surface area contributed by atoms with E-state index in [1.807, 2.05) is 20.8 Å². The van der Waals surface area contributed by atoms with Gasteiger partial charge in [-0.3, -0.25) is 4.79 Å². The van der Waals surface area contributed by atoms with Gasteiger partial charge in [0.2, 0.25) is 15.9 Å². The number of aryl methyl sites for hydroxylation is 1. The molecule has 0 unspecified atom stereocenters. The molecular weight excluding hydrogens is 336 g/mol. The van der Waals surface area contributed by atoms with Crippen molar-refractivity contribution >= 4 is 27.5 Å². The second kappa shape index (κ2) is 7.20. The highest BCUT2D eigenvalue weighted by Crippen LogP contribution is 2.26. The largest absolute Gasteiger partial charge is 0.354 e. The van der Waals surface area contributed by atoms with Crippen molar-refractivity contribution in [2.75, 3.05) is 13.1 Å². The van der Waals surface area contributed by atoms with Gasteiger partial charge in [-0.1, -0.05) is 17.7 Å². The van der Waals surface area contributed by atoms with E-state index in [4.69, 9.17) is 11.6 Å². The summed E-state index contributed by atoms with van der Waals surface area (Å²) in [6, 6.07) is 4.78. The third kappa shape index (κ3) is 4.25. The molecule has 23 heavy (non-hydrogen) atoms. The second-order valence-corrected chi connectivity index (χ2v) is 8.62. The first-order chi connectivity index (χ1) is 10.7. The van der Waals surface area contributed by atoms with Gasteiger partial charge in [0.25, 0.3) is 0 Å². The van der Waals surface area contributed by atoms with Crippen LogP contribution in [0, 0.1) is 12.8 Å². The Morgan fingerprint density at radius 1 is 1.39 bits per heavy atom. The Kier molecular flexibility index (Phi) is 5.70. The highest BCUT2D eigenvalue weighted by atomic mass is 35.5. The zero-order valence-electron chi connectivity index (χ0n) is 13.7. The van der Waals surface area contributed by atoms with E-state index in [1.54, 1.807) is 12.1 Å². The maximum Gasteiger partial charge on any atom is 0.243 e. The number of nitrogens with zero attached hydrogens (tertiary/aromatic N) is 1. The average Bonchev–Trinajstić information content (AvgIpc) is 2.49. The van der Waals surface area contributed by atoms with E-state index in [9.17, 15) is 13.2 Å². The van der Waals surface area contributed by atoms with Crippen LogP contribution in [0.1, 0.15) is 32.3 Å². The molecule has 128 valence electrons. The summed E-state index contributed by atoms with van der Waals surface area (Å²) in [7, 11) is -3.63. The smallest absolute Gasteiger partial charge is 0.243 e. The number of piperidine rings is 1. The van der Waals surface area contributed by atoms with Crippen molar-refractivity contribution in [2.45, 2.75) is 44.6 Å². The normalized spacial score (nSPS) is 19.8. The van der Waals surface area contributed by atoms with Gasteiger partial charge >= 0.3 is 0 Å². The van der Waals surface area contributed by atoms with E-state index >= 15 is 0 Å². The van der Waals surface area contributed by atoms with E-state index < -0.39 is 10.0 Å². The number of benzene rings is 1. The molecule has 0 aliphatic carbocycles. The molecule has 5 nitrogen and oxygen atoms in total. The first-order valence-corrected chi connectivity index (χ1v) is 9.60. The quantitative estimate of drug-likeness (QED) is 0.899. The Hall–Kier alpha value is -1.11. The number of hydrogen-bond donors (Lipinski definition) is 1. The summed E-state index contributed by atoms with van der Waals surface area (Å²) in [5.74, 6) is -0.385. The molecule has 2 rings (SSSR count). The molecule has 7 heteroatoms. The van der Waals surface area contributed by atoms with Crippen LogP contribution in [0.5, 0.6) is 0 Å². The number of carbonyl (C=O) groups is 1. The van der Waals surface area contributed by atoms with Crippen LogP contribution in [0.2, 0.25) is 5.02 Å². The van der Waals surface area contributed by atoms with Crippen molar-refractivity contribution in [1.82, 2.24) is 9.62 Å². The molecule has 1 heterocycles. The number of nitrogens with one attached hydrogen (secondary N) is 1. The summed E-state index contributed by atoms with van der Waals surface area (Å²) in [5, 5.41) is 3.29. The fraction of sp³-hybridized carbons (Fsp3) is 0.562. The maximum absolute atomic E-state index is 12.8. The van der Waals surface area contributed by atoms with Crippen LogP contribution >= 0.6 is 11.6 Å². The van der Waals surface area contributed by atoms with Gasteiger partial charge in [-0.2, -0.15) is 4.31 Å². The summed E-state index contributed by atoms with van der Waals surface area (Å²) < 4.78 is 26.9. The van der Waals surface area contributed by atoms with Crippen molar-refractivity contribution in [3.63, 3.8) is 0 Å². The van der Waals surface area contributed by atoms with Gasteiger partial charge in [0.15, 0.2) is 0 Å². The molecule has 0 aromatic heterocycles. The van der Waals surface area contributed by atoms with Crippen LogP contribution in [0.15, 0.2) is 23.1 Å². The molecule has 0 saturated carbocycles. The molecule has 0 spiro atoms. The number of carbonyl (C=O) groups excluding carboxylic acids is 1. The highest BCUT2D eigenvalue weighted by Gasteiger charge is 2.33. The summed E-state index contributed by atoms with van der Waals surface area (Å²) >= 11 is 6.05. The Morgan fingerprint density at radius 3 is 2.70 bits per heavy atom. The predicted molar refractivity (Wildman–Crippen MR) is 91.0 cm³/mol. The summed E-state index contributed by atoms with van der Waals surface area (Å²) in [5.41, 5.74) is 0.832. The van der Waals surface area contributed by atoms with Crippen molar-refractivity contribution in [1.29, 1.82) is 0 Å². The van der Waals surface area contributed by atoms with Crippen molar-refractivity contribution in [2.24, 2.45) is 5.92 Å². The van der Waals surface area contributed by atoms with Gasteiger partial charge in [-0.15, -0.1) is 0 Å². The predicted octanol–water partition coefficient (Wildman–Crippen LogP) is 2.57. The number of sulfonamides is 1. The fourth-order valence-corrected chi connectivity index (χ4v) is 4.46. The molecule has 0 radical (unpaired) electrons. The van der Waals surface area contributed by atoms with E-state index in [1.165, 1.54) is 10.4 Å². The Morgan fingerprint density at radius 2 is 2.09 bits per heavy atom. The molecule has 1 amide bonds. The molecule has 1 aliphatic rings. The van der Waals surface area contributed by atoms with Gasteiger partial charge < -0.3 is 5.32 Å². The molecule has 1 atom stereocenters. The molecule has 1 aliphatic heterocycles. The van der Waals surface area contributed by atoms with Crippen LogP contribution in [0.25, 0.3) is 0 Å². The van der Waals surface area contributed by atoms with Gasteiger partial charge in [0.05, 0.1) is 10.8 Å². The number of rotatable bonds is 4. The minimum Gasteiger partial charge on any atom is -0.354 e. The standard InChI is InChI=1S/C16H23ClN2O3S/c1-11(2)18-16(20)13-5-4-8-19(10-13)23(21,22)14-7-6-12(3)15(17)9-14/h6-7,9,11,13H,4-5,8,10H2,1-3H3,(H,18,20)/t13-/m1/s1. The summed E-state index contributed by atoms with van der Waals surface area (Å²) in [6.07, 6.45) is 1.38. The van der Waals surface area contributed by atoms with E-state index in [2.05, 4.69) is 5.32 Å². The minimum absolute atomic E-state index is 0.0467. The number of halogens is 1. The maximum atomic E-state index is 12.8. The van der Waals surface area contributed by atoms with Gasteiger partial charge in [0, 0.05) is 24.2 Å². The molecule has 1 N–H and O–H groups in total. The lowest BCUT2D eigenvalue weighted by atomic mass is 9.98.